The highest BCUT2D eigenvalue weighted by Crippen LogP contribution is 2.24. The molecule has 4 nitrogen and oxygen atoms in total. The molecule has 0 aliphatic rings. The smallest absolute Gasteiger partial charge is 0.268 e. The van der Waals surface area contributed by atoms with Crippen LogP contribution >= 0.6 is 0 Å². The van der Waals surface area contributed by atoms with E-state index in [4.69, 9.17) is 4.42 Å². The number of benzene rings is 2. The van der Waals surface area contributed by atoms with E-state index >= 15 is 0 Å². The summed E-state index contributed by atoms with van der Waals surface area (Å²) in [5.41, 5.74) is 3.19. The Morgan fingerprint density at radius 3 is 2.61 bits per heavy atom. The molecule has 0 aliphatic heterocycles. The summed E-state index contributed by atoms with van der Waals surface area (Å²) in [4.78, 5) is 12.9. The largest absolute Gasteiger partial charge is 0.463 e. The zero-order chi connectivity index (χ0) is 19.7. The molecule has 0 radical (unpaired) electrons. The molecule has 0 bridgehead atoms. The molecule has 6 heteroatoms. The van der Waals surface area contributed by atoms with Gasteiger partial charge in [-0.2, -0.15) is 0 Å². The summed E-state index contributed by atoms with van der Waals surface area (Å²) in [5.74, 6) is -2.10. The lowest BCUT2D eigenvalue weighted by Gasteiger charge is -2.16. The van der Waals surface area contributed by atoms with Crippen molar-refractivity contribution in [1.29, 1.82) is 0 Å². The Kier molecular flexibility index (Phi) is 4.69. The highest BCUT2D eigenvalue weighted by molar-refractivity contribution is 5.97. The Morgan fingerprint density at radius 2 is 1.86 bits per heavy atom. The molecular formula is C22H18F2N2O2. The summed E-state index contributed by atoms with van der Waals surface area (Å²) in [6.45, 7) is 2.11. The van der Waals surface area contributed by atoms with Gasteiger partial charge in [0.2, 0.25) is 0 Å². The second-order valence-electron chi connectivity index (χ2n) is 6.64. The van der Waals surface area contributed by atoms with E-state index in [1.807, 2.05) is 37.3 Å². The number of furan rings is 1. The molecule has 1 N–H and O–H groups in total. The molecule has 2 aromatic heterocycles. The first-order valence-electron chi connectivity index (χ1n) is 8.89. The molecule has 28 heavy (non-hydrogen) atoms. The van der Waals surface area contributed by atoms with Crippen molar-refractivity contribution >= 4 is 17.0 Å². The molecule has 4 aromatic rings. The average Bonchev–Trinajstić information content (AvgIpc) is 3.28. The van der Waals surface area contributed by atoms with E-state index in [2.05, 4.69) is 5.32 Å². The third-order valence-corrected chi connectivity index (χ3v) is 4.73. The third kappa shape index (κ3) is 3.41. The van der Waals surface area contributed by atoms with Crippen LogP contribution in [-0.4, -0.2) is 10.5 Å². The number of nitrogens with zero attached hydrogens (tertiary/aromatic N) is 1. The summed E-state index contributed by atoms with van der Waals surface area (Å²) in [7, 11) is 0. The molecule has 1 amide bonds. The van der Waals surface area contributed by atoms with Crippen molar-refractivity contribution in [2.24, 2.45) is 0 Å². The van der Waals surface area contributed by atoms with Gasteiger partial charge in [-0.25, -0.2) is 8.78 Å². The number of fused-ring (bicyclic) bond motifs is 1. The van der Waals surface area contributed by atoms with Crippen molar-refractivity contribution < 1.29 is 18.0 Å². The predicted octanol–water partition coefficient (Wildman–Crippen LogP) is 5.05. The van der Waals surface area contributed by atoms with E-state index in [1.54, 1.807) is 16.7 Å². The minimum absolute atomic E-state index is 0.188. The van der Waals surface area contributed by atoms with Crippen molar-refractivity contribution in [2.75, 3.05) is 0 Å². The molecular weight excluding hydrogens is 362 g/mol. The number of rotatable bonds is 5. The standard InChI is InChI=1S/C22H18F2N2O2/c1-14(16-5-3-2-4-6-16)25-22(27)20-12-21-19(9-10-28-21)26(20)13-15-7-8-17(23)18(24)11-15/h2-12,14H,13H2,1H3,(H,25,27). The fraction of sp³-hybridized carbons (Fsp3) is 0.136. The van der Waals surface area contributed by atoms with Crippen LogP contribution in [0.15, 0.2) is 71.3 Å². The van der Waals surface area contributed by atoms with Crippen LogP contribution in [0.4, 0.5) is 8.78 Å². The Balaban J connectivity index is 1.65. The maximum absolute atomic E-state index is 13.6. The van der Waals surface area contributed by atoms with Gasteiger partial charge >= 0.3 is 0 Å². The first kappa shape index (κ1) is 18.0. The van der Waals surface area contributed by atoms with Gasteiger partial charge in [0.1, 0.15) is 5.69 Å². The van der Waals surface area contributed by atoms with Crippen LogP contribution < -0.4 is 5.32 Å². The number of halogens is 2. The van der Waals surface area contributed by atoms with E-state index < -0.39 is 11.6 Å². The maximum Gasteiger partial charge on any atom is 0.268 e. The van der Waals surface area contributed by atoms with Gasteiger partial charge in [-0.3, -0.25) is 4.79 Å². The van der Waals surface area contributed by atoms with E-state index in [-0.39, 0.29) is 18.5 Å². The fourth-order valence-electron chi connectivity index (χ4n) is 3.25. The Labute approximate surface area is 160 Å². The SMILES string of the molecule is CC(NC(=O)c1cc2occc2n1Cc1ccc(F)c(F)c1)c1ccccc1. The topological polar surface area (TPSA) is 47.2 Å². The van der Waals surface area contributed by atoms with Gasteiger partial charge in [-0.05, 0) is 30.2 Å². The fourth-order valence-corrected chi connectivity index (χ4v) is 3.25. The molecule has 0 saturated carbocycles. The number of hydrogen-bond donors (Lipinski definition) is 1. The third-order valence-electron chi connectivity index (χ3n) is 4.73. The van der Waals surface area contributed by atoms with E-state index in [0.717, 1.165) is 17.7 Å². The van der Waals surface area contributed by atoms with E-state index in [9.17, 15) is 13.6 Å². The average molecular weight is 380 g/mol. The number of carbonyl (C=O) groups excluding carboxylic acids is 1. The lowest BCUT2D eigenvalue weighted by Crippen LogP contribution is -2.28. The van der Waals surface area contributed by atoms with Gasteiger partial charge in [0.15, 0.2) is 17.2 Å². The predicted molar refractivity (Wildman–Crippen MR) is 102 cm³/mol. The molecule has 0 aliphatic carbocycles. The minimum Gasteiger partial charge on any atom is -0.463 e. The molecule has 2 heterocycles. The van der Waals surface area contributed by atoms with Gasteiger partial charge < -0.3 is 14.3 Å². The van der Waals surface area contributed by atoms with E-state index in [0.29, 0.717) is 22.4 Å². The Hall–Kier alpha value is -3.41. The van der Waals surface area contributed by atoms with Crippen LogP contribution in [0.25, 0.3) is 11.1 Å². The summed E-state index contributed by atoms with van der Waals surface area (Å²) < 4.78 is 34.0. The molecule has 142 valence electrons. The summed E-state index contributed by atoms with van der Waals surface area (Å²) in [6.07, 6.45) is 1.53. The lowest BCUT2D eigenvalue weighted by molar-refractivity contribution is 0.0931. The quantitative estimate of drug-likeness (QED) is 0.527. The highest BCUT2D eigenvalue weighted by Gasteiger charge is 2.20. The van der Waals surface area contributed by atoms with Crippen LogP contribution in [0.1, 0.15) is 34.6 Å². The van der Waals surface area contributed by atoms with Crippen molar-refractivity contribution in [3.05, 3.63) is 95.4 Å². The highest BCUT2D eigenvalue weighted by atomic mass is 19.2. The van der Waals surface area contributed by atoms with Gasteiger partial charge in [0, 0.05) is 18.7 Å². The normalized spacial score (nSPS) is 12.2. The zero-order valence-corrected chi connectivity index (χ0v) is 15.2. The Bertz CT molecular complexity index is 1130. The molecule has 0 fully saturated rings. The molecule has 2 aromatic carbocycles. The van der Waals surface area contributed by atoms with Gasteiger partial charge in [0.05, 0.1) is 17.8 Å². The number of hydrogen-bond acceptors (Lipinski definition) is 2. The zero-order valence-electron chi connectivity index (χ0n) is 15.2. The molecule has 0 spiro atoms. The van der Waals surface area contributed by atoms with Gasteiger partial charge in [0.25, 0.3) is 5.91 Å². The number of nitrogens with one attached hydrogen (secondary N) is 1. The monoisotopic (exact) mass is 380 g/mol. The number of amides is 1. The second kappa shape index (κ2) is 7.31. The number of carbonyl (C=O) groups is 1. The maximum atomic E-state index is 13.6. The van der Waals surface area contributed by atoms with Crippen LogP contribution in [0.3, 0.4) is 0 Å². The minimum atomic E-state index is -0.920. The summed E-state index contributed by atoms with van der Waals surface area (Å²) >= 11 is 0. The Morgan fingerprint density at radius 1 is 1.07 bits per heavy atom. The second-order valence-corrected chi connectivity index (χ2v) is 6.64. The first-order valence-corrected chi connectivity index (χ1v) is 8.89. The van der Waals surface area contributed by atoms with Crippen molar-refractivity contribution in [3.8, 4) is 0 Å². The van der Waals surface area contributed by atoms with Crippen molar-refractivity contribution in [1.82, 2.24) is 9.88 Å². The molecule has 1 unspecified atom stereocenters. The van der Waals surface area contributed by atoms with Gasteiger partial charge in [-0.15, -0.1) is 0 Å². The summed E-state index contributed by atoms with van der Waals surface area (Å²) in [5, 5.41) is 2.97. The van der Waals surface area contributed by atoms with Crippen LogP contribution in [0.2, 0.25) is 0 Å². The lowest BCUT2D eigenvalue weighted by atomic mass is 10.1. The van der Waals surface area contributed by atoms with Gasteiger partial charge in [-0.1, -0.05) is 36.4 Å². The van der Waals surface area contributed by atoms with Crippen molar-refractivity contribution in [3.63, 3.8) is 0 Å². The van der Waals surface area contributed by atoms with Crippen LogP contribution in [0.5, 0.6) is 0 Å². The molecule has 0 saturated heterocycles. The van der Waals surface area contributed by atoms with E-state index in [1.165, 1.54) is 12.3 Å². The van der Waals surface area contributed by atoms with Crippen LogP contribution in [-0.2, 0) is 6.54 Å². The van der Waals surface area contributed by atoms with Crippen LogP contribution in [0, 0.1) is 11.6 Å². The first-order chi connectivity index (χ1) is 13.5. The summed E-state index contributed by atoms with van der Waals surface area (Å²) in [6, 6.07) is 16.6. The van der Waals surface area contributed by atoms with Crippen molar-refractivity contribution in [2.45, 2.75) is 19.5 Å². The molecule has 1 atom stereocenters. The number of aromatic nitrogens is 1. The molecule has 4 rings (SSSR count).